The number of aliphatic hydroxyl groups excluding tert-OH is 1. The molecule has 1 aliphatic heterocycles. The fourth-order valence-corrected chi connectivity index (χ4v) is 2.44. The van der Waals surface area contributed by atoms with Gasteiger partial charge in [0.05, 0.1) is 19.8 Å². The van der Waals surface area contributed by atoms with Crippen molar-refractivity contribution in [3.63, 3.8) is 0 Å². The molecule has 2 N–H and O–H groups in total. The summed E-state index contributed by atoms with van der Waals surface area (Å²) >= 11 is 16.7. The molecule has 0 aliphatic carbocycles. The third-order valence-corrected chi connectivity index (χ3v) is 3.96. The van der Waals surface area contributed by atoms with Crippen LogP contribution in [0.15, 0.2) is 12.7 Å². The van der Waals surface area contributed by atoms with E-state index in [1.807, 2.05) is 0 Å². The van der Waals surface area contributed by atoms with Gasteiger partial charge < -0.3 is 24.6 Å². The molecule has 0 unspecified atom stereocenters. The van der Waals surface area contributed by atoms with Crippen LogP contribution in [0.2, 0.25) is 0 Å². The number of ether oxygens (including phenoxy) is 3. The highest BCUT2D eigenvalue weighted by molar-refractivity contribution is 6.76. The van der Waals surface area contributed by atoms with Crippen molar-refractivity contribution in [3.8, 4) is 0 Å². The minimum Gasteiger partial charge on any atom is -0.467 e. The molecule has 0 radical (unpaired) electrons. The smallest absolute Gasteiger partial charge is 0.336 e. The largest absolute Gasteiger partial charge is 0.467 e. The number of hydrogen-bond acceptors (Lipinski definition) is 6. The van der Waals surface area contributed by atoms with Crippen molar-refractivity contribution < 1.29 is 28.9 Å². The lowest BCUT2D eigenvalue weighted by Crippen LogP contribution is -2.73. The molecular formula is C14H20Cl3NO6. The van der Waals surface area contributed by atoms with Crippen LogP contribution in [0.25, 0.3) is 0 Å². The van der Waals surface area contributed by atoms with Gasteiger partial charge in [0.15, 0.2) is 11.3 Å². The van der Waals surface area contributed by atoms with Crippen molar-refractivity contribution in [1.29, 1.82) is 0 Å². The van der Waals surface area contributed by atoms with Gasteiger partial charge >= 0.3 is 5.97 Å². The van der Waals surface area contributed by atoms with Gasteiger partial charge in [0.2, 0.25) is 0 Å². The highest BCUT2D eigenvalue weighted by Gasteiger charge is 2.58. The zero-order chi connectivity index (χ0) is 18.8. The molecule has 1 amide bonds. The van der Waals surface area contributed by atoms with Crippen molar-refractivity contribution in [2.24, 2.45) is 0 Å². The summed E-state index contributed by atoms with van der Waals surface area (Å²) in [5.74, 6) is -3.11. The molecule has 0 bridgehead atoms. The average molecular weight is 405 g/mol. The monoisotopic (exact) mass is 403 g/mol. The molecule has 10 heteroatoms. The van der Waals surface area contributed by atoms with Crippen molar-refractivity contribution in [1.82, 2.24) is 5.32 Å². The van der Waals surface area contributed by atoms with Crippen molar-refractivity contribution in [3.05, 3.63) is 12.7 Å². The van der Waals surface area contributed by atoms with Gasteiger partial charge in [-0.15, -0.1) is 6.58 Å². The van der Waals surface area contributed by atoms with E-state index in [4.69, 9.17) is 49.0 Å². The fourth-order valence-electron chi connectivity index (χ4n) is 2.30. The van der Waals surface area contributed by atoms with Crippen LogP contribution in [0.3, 0.4) is 0 Å². The maximum atomic E-state index is 12.4. The van der Waals surface area contributed by atoms with E-state index in [-0.39, 0.29) is 13.0 Å². The zero-order valence-corrected chi connectivity index (χ0v) is 15.7. The molecule has 7 nitrogen and oxygen atoms in total. The van der Waals surface area contributed by atoms with Crippen LogP contribution in [0.5, 0.6) is 0 Å². The Morgan fingerprint density at radius 3 is 2.54 bits per heavy atom. The predicted octanol–water partition coefficient (Wildman–Crippen LogP) is 1.47. The van der Waals surface area contributed by atoms with Gasteiger partial charge in [0, 0.05) is 0 Å². The molecule has 0 aromatic heterocycles. The summed E-state index contributed by atoms with van der Waals surface area (Å²) in [5, 5.41) is 12.7. The van der Waals surface area contributed by atoms with E-state index in [1.54, 1.807) is 13.8 Å². The minimum atomic E-state index is -2.33. The van der Waals surface area contributed by atoms with Gasteiger partial charge in [-0.05, 0) is 20.3 Å². The Balaban J connectivity index is 3.32. The van der Waals surface area contributed by atoms with E-state index in [2.05, 4.69) is 11.9 Å². The van der Waals surface area contributed by atoms with Crippen molar-refractivity contribution in [2.75, 3.05) is 13.7 Å². The highest BCUT2D eigenvalue weighted by atomic mass is 35.6. The average Bonchev–Trinajstić information content (AvgIpc) is 2.47. The van der Waals surface area contributed by atoms with Gasteiger partial charge in [-0.1, -0.05) is 40.9 Å². The van der Waals surface area contributed by atoms with Crippen LogP contribution in [0.4, 0.5) is 0 Å². The van der Waals surface area contributed by atoms with Crippen molar-refractivity contribution >= 4 is 46.7 Å². The molecule has 0 spiro atoms. The van der Waals surface area contributed by atoms with Crippen LogP contribution in [-0.2, 0) is 23.8 Å². The first-order valence-corrected chi connectivity index (χ1v) is 8.11. The van der Waals surface area contributed by atoms with Crippen LogP contribution in [0, 0.1) is 0 Å². The molecule has 1 rings (SSSR count). The lowest BCUT2D eigenvalue weighted by Gasteiger charge is -2.48. The number of methoxy groups -OCH3 is 1. The van der Waals surface area contributed by atoms with Gasteiger partial charge in [0.25, 0.3) is 9.70 Å². The minimum absolute atomic E-state index is 0.0864. The second kappa shape index (κ2) is 7.76. The lowest BCUT2D eigenvalue weighted by atomic mass is 9.86. The number of carbonyl (C=O) groups is 2. The van der Waals surface area contributed by atoms with Crippen LogP contribution in [-0.4, -0.2) is 58.0 Å². The number of esters is 1. The second-order valence-electron chi connectivity index (χ2n) is 5.73. The lowest BCUT2D eigenvalue weighted by molar-refractivity contribution is -0.314. The summed E-state index contributed by atoms with van der Waals surface area (Å²) in [5.41, 5.74) is -1.90. The maximum Gasteiger partial charge on any atom is 0.336 e. The molecule has 3 atom stereocenters. The number of aliphatic hydroxyl groups is 1. The van der Waals surface area contributed by atoms with Gasteiger partial charge in [-0.25, -0.2) is 4.79 Å². The Labute approximate surface area is 155 Å². The maximum absolute atomic E-state index is 12.4. The number of nitrogens with one attached hydrogen (secondary N) is 1. The quantitative estimate of drug-likeness (QED) is 0.409. The Morgan fingerprint density at radius 1 is 1.50 bits per heavy atom. The molecule has 1 heterocycles. The third-order valence-electron chi connectivity index (χ3n) is 3.45. The number of halogens is 3. The Kier molecular flexibility index (Phi) is 6.94. The predicted molar refractivity (Wildman–Crippen MR) is 88.9 cm³/mol. The summed E-state index contributed by atoms with van der Waals surface area (Å²) < 4.78 is 13.6. The first-order chi connectivity index (χ1) is 10.9. The zero-order valence-electron chi connectivity index (χ0n) is 13.5. The number of amides is 1. The molecule has 0 aromatic carbocycles. The summed E-state index contributed by atoms with van der Waals surface area (Å²) in [6, 6.07) is 0. The van der Waals surface area contributed by atoms with E-state index in [0.717, 1.165) is 7.11 Å². The highest BCUT2D eigenvalue weighted by Crippen LogP contribution is 2.35. The summed E-state index contributed by atoms with van der Waals surface area (Å²) in [4.78, 5) is 24.5. The first-order valence-electron chi connectivity index (χ1n) is 6.98. The Bertz CT molecular complexity index is 507. The van der Waals surface area contributed by atoms with E-state index in [1.165, 1.54) is 6.08 Å². The number of alkyl halides is 3. The Hall–Kier alpha value is -0.570. The van der Waals surface area contributed by atoms with Gasteiger partial charge in [-0.3, -0.25) is 4.79 Å². The van der Waals surface area contributed by atoms with Crippen LogP contribution >= 0.6 is 34.8 Å². The number of hydrogen-bond donors (Lipinski definition) is 2. The summed E-state index contributed by atoms with van der Waals surface area (Å²) in [6.45, 7) is 6.37. The molecule has 24 heavy (non-hydrogen) atoms. The number of carbonyl (C=O) groups excluding carboxylic acids is 2. The van der Waals surface area contributed by atoms with E-state index in [9.17, 15) is 14.7 Å². The Morgan fingerprint density at radius 2 is 2.08 bits per heavy atom. The molecule has 1 saturated heterocycles. The summed E-state index contributed by atoms with van der Waals surface area (Å²) in [7, 11) is 1.11. The van der Waals surface area contributed by atoms with Gasteiger partial charge in [-0.2, -0.15) is 0 Å². The first kappa shape index (κ1) is 21.5. The molecule has 1 aliphatic rings. The molecule has 0 saturated carbocycles. The SMILES string of the molecule is C=CC[C@@H](O)[C@@H]1OC(C)(C)OC[C@@]1(NC(=O)C(Cl)(Cl)Cl)C(=O)OC. The molecule has 1 fully saturated rings. The standard InChI is InChI=1S/C14H20Cl3NO6/c1-5-6-8(19)9-13(11(21)22-4,7-23-12(2,3)24-9)18-10(20)14(15,16)17/h5,8-9,19H,1,6-7H2,2-4H3,(H,18,20)/t8-,9+,13+/m1/s1. The normalized spacial score (nSPS) is 27.9. The third kappa shape index (κ3) is 4.74. The second-order valence-corrected chi connectivity index (χ2v) is 8.01. The summed E-state index contributed by atoms with van der Waals surface area (Å²) in [6.07, 6.45) is -0.887. The molecular weight excluding hydrogens is 385 g/mol. The topological polar surface area (TPSA) is 94.1 Å². The van der Waals surface area contributed by atoms with Crippen LogP contribution in [0.1, 0.15) is 20.3 Å². The fraction of sp³-hybridized carbons (Fsp3) is 0.714. The number of rotatable bonds is 5. The molecule has 0 aromatic rings. The van der Waals surface area contributed by atoms with E-state index >= 15 is 0 Å². The molecule has 138 valence electrons. The van der Waals surface area contributed by atoms with Crippen LogP contribution < -0.4 is 5.32 Å². The van der Waals surface area contributed by atoms with E-state index < -0.39 is 39.2 Å². The van der Waals surface area contributed by atoms with E-state index in [0.29, 0.717) is 0 Å². The van der Waals surface area contributed by atoms with Crippen molar-refractivity contribution in [2.45, 2.75) is 47.6 Å². The van der Waals surface area contributed by atoms with Gasteiger partial charge in [0.1, 0.15) is 6.10 Å².